The van der Waals surface area contributed by atoms with Gasteiger partial charge in [-0.3, -0.25) is 4.68 Å². The molecule has 0 aliphatic heterocycles. The first-order valence-corrected chi connectivity index (χ1v) is 5.89. The zero-order valence-electron chi connectivity index (χ0n) is 9.83. The van der Waals surface area contributed by atoms with Crippen LogP contribution in [0.3, 0.4) is 0 Å². The predicted octanol–water partition coefficient (Wildman–Crippen LogP) is 1.05. The maximum absolute atomic E-state index is 10.4. The van der Waals surface area contributed by atoms with Crippen LogP contribution in [-0.2, 0) is 11.8 Å². The Balaban J connectivity index is 2.30. The number of aliphatic carboxylic acids is 1. The molecule has 0 radical (unpaired) electrons. The van der Waals surface area contributed by atoms with Gasteiger partial charge in [-0.25, -0.2) is 4.79 Å². The van der Waals surface area contributed by atoms with Crippen molar-refractivity contribution in [2.24, 2.45) is 7.05 Å². The van der Waals surface area contributed by atoms with Gasteiger partial charge in [-0.2, -0.15) is 0 Å². The van der Waals surface area contributed by atoms with Gasteiger partial charge in [0.25, 0.3) is 0 Å². The highest BCUT2D eigenvalue weighted by Gasteiger charge is 2.11. The Morgan fingerprint density at radius 2 is 2.22 bits per heavy atom. The zero-order valence-corrected chi connectivity index (χ0v) is 11.0. The summed E-state index contributed by atoms with van der Waals surface area (Å²) in [6.45, 7) is -0.390. The number of carbonyl (C=O) groups is 1. The lowest BCUT2D eigenvalue weighted by atomic mass is 10.1. The smallest absolute Gasteiger partial charge is 0.341 e. The number of ether oxygens (including phenoxy) is 1. The van der Waals surface area contributed by atoms with Crippen LogP contribution >= 0.6 is 9.24 Å². The van der Waals surface area contributed by atoms with Crippen molar-refractivity contribution in [1.82, 2.24) is 9.78 Å². The first kappa shape index (κ1) is 12.6. The number of nitrogens with zero attached hydrogens (tertiary/aromatic N) is 2. The highest BCUT2D eigenvalue weighted by Crippen LogP contribution is 2.22. The van der Waals surface area contributed by atoms with E-state index >= 15 is 0 Å². The van der Waals surface area contributed by atoms with Gasteiger partial charge in [-0.1, -0.05) is 24.3 Å². The molecule has 1 N–H and O–H groups in total. The third kappa shape index (κ3) is 2.68. The molecule has 0 aliphatic rings. The summed E-state index contributed by atoms with van der Waals surface area (Å²) in [4.78, 5) is 10.4. The van der Waals surface area contributed by atoms with Crippen LogP contribution in [0.1, 0.15) is 0 Å². The van der Waals surface area contributed by atoms with Crippen molar-refractivity contribution in [2.75, 3.05) is 6.61 Å². The Kier molecular flexibility index (Phi) is 3.63. The number of carboxylic acid groups (broad SMARTS) is 1. The minimum atomic E-state index is -1.02. The van der Waals surface area contributed by atoms with Gasteiger partial charge in [0.05, 0.1) is 5.69 Å². The summed E-state index contributed by atoms with van der Waals surface area (Å²) in [5, 5.41) is 13.7. The second-order valence-electron chi connectivity index (χ2n) is 3.76. The van der Waals surface area contributed by atoms with Gasteiger partial charge in [0.15, 0.2) is 6.61 Å². The number of aromatic nitrogens is 2. The zero-order chi connectivity index (χ0) is 13.1. The Labute approximate surface area is 107 Å². The maximum Gasteiger partial charge on any atom is 0.341 e. The molecule has 5 nitrogen and oxygen atoms in total. The molecule has 1 heterocycles. The molecule has 2 rings (SSSR count). The summed E-state index contributed by atoms with van der Waals surface area (Å²) < 4.78 is 6.72. The quantitative estimate of drug-likeness (QED) is 0.838. The standard InChI is InChI=1S/C12H13N2O3P/c1-14-9(8-4-2-3-5-10(8)18)6-11(13-14)17-7-12(15)16/h2-6H,7,18H2,1H3,(H,15,16). The Morgan fingerprint density at radius 3 is 2.89 bits per heavy atom. The van der Waals surface area contributed by atoms with E-state index in [9.17, 15) is 4.79 Å². The number of aryl methyl sites for hydroxylation is 1. The molecule has 18 heavy (non-hydrogen) atoms. The van der Waals surface area contributed by atoms with Crippen LogP contribution in [0.5, 0.6) is 5.88 Å². The first-order chi connectivity index (χ1) is 8.58. The van der Waals surface area contributed by atoms with Gasteiger partial charge in [-0.05, 0) is 5.30 Å². The van der Waals surface area contributed by atoms with Crippen LogP contribution in [-0.4, -0.2) is 27.5 Å². The molecule has 1 atom stereocenters. The maximum atomic E-state index is 10.4. The average molecular weight is 264 g/mol. The Hall–Kier alpha value is -1.87. The van der Waals surface area contributed by atoms with E-state index in [4.69, 9.17) is 9.84 Å². The van der Waals surface area contributed by atoms with E-state index in [1.54, 1.807) is 17.8 Å². The van der Waals surface area contributed by atoms with Crippen molar-refractivity contribution in [1.29, 1.82) is 0 Å². The number of hydrogen-bond acceptors (Lipinski definition) is 3. The second-order valence-corrected chi connectivity index (χ2v) is 4.38. The largest absolute Gasteiger partial charge is 0.479 e. The SMILES string of the molecule is Cn1nc(OCC(=O)O)cc1-c1ccccc1P. The fourth-order valence-electron chi connectivity index (χ4n) is 1.63. The molecule has 2 aromatic rings. The molecule has 0 amide bonds. The monoisotopic (exact) mass is 264 g/mol. The van der Waals surface area contributed by atoms with Crippen molar-refractivity contribution in [2.45, 2.75) is 0 Å². The molecule has 1 aromatic carbocycles. The van der Waals surface area contributed by atoms with Crippen LogP contribution in [0.2, 0.25) is 0 Å². The third-order valence-corrected chi connectivity index (χ3v) is 2.94. The lowest BCUT2D eigenvalue weighted by molar-refractivity contribution is -0.139. The number of benzene rings is 1. The van der Waals surface area contributed by atoms with Gasteiger partial charge < -0.3 is 9.84 Å². The van der Waals surface area contributed by atoms with Gasteiger partial charge in [0, 0.05) is 18.7 Å². The normalized spacial score (nSPS) is 10.3. The molecule has 1 unspecified atom stereocenters. The lowest BCUT2D eigenvalue weighted by Gasteiger charge is -2.04. The minimum absolute atomic E-state index is 0.308. The van der Waals surface area contributed by atoms with E-state index in [-0.39, 0.29) is 6.61 Å². The summed E-state index contributed by atoms with van der Waals surface area (Å²) in [5.74, 6) is -0.711. The lowest BCUT2D eigenvalue weighted by Crippen LogP contribution is -2.09. The van der Waals surface area contributed by atoms with Gasteiger partial charge in [-0.15, -0.1) is 14.3 Å². The van der Waals surface area contributed by atoms with Crippen LogP contribution in [0.25, 0.3) is 11.3 Å². The third-order valence-electron chi connectivity index (χ3n) is 2.44. The van der Waals surface area contributed by atoms with Gasteiger partial charge >= 0.3 is 5.97 Å². The Morgan fingerprint density at radius 1 is 1.50 bits per heavy atom. The van der Waals surface area contributed by atoms with E-state index in [0.29, 0.717) is 5.88 Å². The van der Waals surface area contributed by atoms with E-state index < -0.39 is 5.97 Å². The molecule has 0 aliphatic carbocycles. The number of carboxylic acids is 1. The van der Waals surface area contributed by atoms with Gasteiger partial charge in [0.2, 0.25) is 5.88 Å². The molecule has 0 saturated heterocycles. The first-order valence-electron chi connectivity index (χ1n) is 5.31. The summed E-state index contributed by atoms with van der Waals surface area (Å²) >= 11 is 0. The fourth-order valence-corrected chi connectivity index (χ4v) is 1.98. The summed E-state index contributed by atoms with van der Waals surface area (Å²) in [7, 11) is 4.45. The highest BCUT2D eigenvalue weighted by molar-refractivity contribution is 7.28. The van der Waals surface area contributed by atoms with Crippen LogP contribution in [0.15, 0.2) is 30.3 Å². The molecular weight excluding hydrogens is 251 g/mol. The Bertz CT molecular complexity index is 580. The van der Waals surface area contributed by atoms with E-state index in [1.165, 1.54) is 0 Å². The summed E-state index contributed by atoms with van der Waals surface area (Å²) in [6, 6.07) is 9.56. The predicted molar refractivity (Wildman–Crippen MR) is 71.1 cm³/mol. The molecule has 0 bridgehead atoms. The van der Waals surface area contributed by atoms with Crippen molar-refractivity contribution >= 4 is 20.5 Å². The minimum Gasteiger partial charge on any atom is -0.479 e. The van der Waals surface area contributed by atoms with Crippen molar-refractivity contribution in [3.63, 3.8) is 0 Å². The van der Waals surface area contributed by atoms with Gasteiger partial charge in [0.1, 0.15) is 0 Å². The average Bonchev–Trinajstić information content (AvgIpc) is 2.69. The van der Waals surface area contributed by atoms with Crippen LogP contribution in [0, 0.1) is 0 Å². The van der Waals surface area contributed by atoms with Crippen LogP contribution < -0.4 is 10.0 Å². The molecular formula is C12H13N2O3P. The topological polar surface area (TPSA) is 64.4 Å². The van der Waals surface area contributed by atoms with Crippen molar-refractivity contribution < 1.29 is 14.6 Å². The second kappa shape index (κ2) is 5.19. The molecule has 6 heteroatoms. The number of rotatable bonds is 4. The summed E-state index contributed by atoms with van der Waals surface area (Å²) in [5.41, 5.74) is 1.89. The van der Waals surface area contributed by atoms with Crippen molar-refractivity contribution in [3.05, 3.63) is 30.3 Å². The highest BCUT2D eigenvalue weighted by atomic mass is 31.0. The van der Waals surface area contributed by atoms with E-state index in [1.807, 2.05) is 24.3 Å². The molecule has 94 valence electrons. The van der Waals surface area contributed by atoms with Crippen LogP contribution in [0.4, 0.5) is 0 Å². The van der Waals surface area contributed by atoms with Crippen molar-refractivity contribution in [3.8, 4) is 17.1 Å². The number of hydrogen-bond donors (Lipinski definition) is 1. The van der Waals surface area contributed by atoms with E-state index in [2.05, 4.69) is 14.3 Å². The molecule has 0 saturated carbocycles. The molecule has 1 aromatic heterocycles. The fraction of sp³-hybridized carbons (Fsp3) is 0.167. The molecule has 0 fully saturated rings. The molecule has 0 spiro atoms. The summed E-state index contributed by atoms with van der Waals surface area (Å²) in [6.07, 6.45) is 0. The van der Waals surface area contributed by atoms with E-state index in [0.717, 1.165) is 16.6 Å².